The van der Waals surface area contributed by atoms with Crippen molar-refractivity contribution < 1.29 is 22.7 Å². The van der Waals surface area contributed by atoms with E-state index in [1.165, 1.54) is 16.7 Å². The molecule has 8 nitrogen and oxygen atoms in total. The monoisotopic (exact) mass is 597 g/mol. The van der Waals surface area contributed by atoms with E-state index in [1.807, 2.05) is 32.2 Å². The smallest absolute Gasteiger partial charge is 0.264 e. The number of nitrogens with zero attached hydrogens (tertiary/aromatic N) is 2. The first-order chi connectivity index (χ1) is 19.6. The number of carbonyl (C=O) groups excluding carboxylic acids is 2. The largest absolute Gasteiger partial charge is 0.497 e. The highest BCUT2D eigenvalue weighted by atomic mass is 32.2. The molecule has 41 heavy (non-hydrogen) atoms. The summed E-state index contributed by atoms with van der Waals surface area (Å²) in [5.74, 6) is -0.123. The number of amides is 2. The van der Waals surface area contributed by atoms with Crippen molar-refractivity contribution >= 4 is 39.3 Å². The molecule has 3 rings (SSSR count). The van der Waals surface area contributed by atoms with Crippen molar-refractivity contribution in [1.29, 1.82) is 0 Å². The van der Waals surface area contributed by atoms with Gasteiger partial charge in [0, 0.05) is 18.0 Å². The predicted molar refractivity (Wildman–Crippen MR) is 165 cm³/mol. The number of methoxy groups -OCH3 is 1. The van der Waals surface area contributed by atoms with Crippen LogP contribution >= 0.6 is 11.8 Å². The summed E-state index contributed by atoms with van der Waals surface area (Å²) in [6, 6.07) is 19.9. The molecule has 3 aromatic carbocycles. The van der Waals surface area contributed by atoms with Crippen LogP contribution in [0.25, 0.3) is 0 Å². The Hall–Kier alpha value is -3.50. The van der Waals surface area contributed by atoms with Crippen LogP contribution < -0.4 is 14.4 Å². The van der Waals surface area contributed by atoms with Crippen LogP contribution in [0.5, 0.6) is 5.75 Å². The Bertz CT molecular complexity index is 1390. The second kappa shape index (κ2) is 14.9. The van der Waals surface area contributed by atoms with Gasteiger partial charge < -0.3 is 15.0 Å². The minimum Gasteiger partial charge on any atom is -0.497 e. The minimum atomic E-state index is -4.11. The first kappa shape index (κ1) is 32.0. The molecule has 0 bridgehead atoms. The maximum Gasteiger partial charge on any atom is 0.264 e. The number of ether oxygens (including phenoxy) is 1. The van der Waals surface area contributed by atoms with E-state index in [4.69, 9.17) is 4.74 Å². The molecular weight excluding hydrogens is 558 g/mol. The highest BCUT2D eigenvalue weighted by Gasteiger charge is 2.32. The Kier molecular flexibility index (Phi) is 11.7. The molecule has 0 aliphatic carbocycles. The maximum atomic E-state index is 14.0. The molecule has 0 saturated heterocycles. The number of hydrogen-bond donors (Lipinski definition) is 1. The van der Waals surface area contributed by atoms with Crippen LogP contribution in [-0.2, 0) is 26.2 Å². The van der Waals surface area contributed by atoms with Gasteiger partial charge in [0.1, 0.15) is 18.3 Å². The molecule has 2 amide bonds. The van der Waals surface area contributed by atoms with Crippen molar-refractivity contribution in [3.63, 3.8) is 0 Å². The van der Waals surface area contributed by atoms with Crippen LogP contribution in [0.15, 0.2) is 82.6 Å². The van der Waals surface area contributed by atoms with Gasteiger partial charge in [-0.2, -0.15) is 0 Å². The summed E-state index contributed by atoms with van der Waals surface area (Å²) >= 11 is 1.51. The standard InChI is InChI=1S/C31H39N3O5S2/c1-6-7-20-32-31(36)24(3)33(21-25-10-14-27(39-4)15-11-25)30(35)22-34(26-12-8-23(2)9-13-26)41(37,38)29-18-16-28(40-5)17-19-29/h8-19,24H,6-7,20-22H2,1-5H3,(H,32,36)/t24-/m0/s1. The minimum absolute atomic E-state index is 0.0794. The molecule has 0 unspecified atom stereocenters. The molecule has 0 aliphatic heterocycles. The fourth-order valence-corrected chi connectivity index (χ4v) is 5.98. The second-order valence-corrected chi connectivity index (χ2v) is 12.5. The lowest BCUT2D eigenvalue weighted by atomic mass is 10.1. The summed E-state index contributed by atoms with van der Waals surface area (Å²) < 4.78 is 34.2. The van der Waals surface area contributed by atoms with E-state index in [2.05, 4.69) is 5.32 Å². The van der Waals surface area contributed by atoms with Gasteiger partial charge in [-0.05, 0) is 80.6 Å². The highest BCUT2D eigenvalue weighted by Crippen LogP contribution is 2.26. The molecule has 1 N–H and O–H groups in total. The van der Waals surface area contributed by atoms with E-state index in [9.17, 15) is 18.0 Å². The van der Waals surface area contributed by atoms with Gasteiger partial charge in [0.05, 0.1) is 17.7 Å². The SMILES string of the molecule is CCCCNC(=O)[C@H](C)N(Cc1ccc(OC)cc1)C(=O)CN(c1ccc(C)cc1)S(=O)(=O)c1ccc(SC)cc1. The number of rotatable bonds is 14. The van der Waals surface area contributed by atoms with Crippen LogP contribution in [0.3, 0.4) is 0 Å². The van der Waals surface area contributed by atoms with Gasteiger partial charge in [-0.1, -0.05) is 43.2 Å². The molecule has 10 heteroatoms. The zero-order valence-electron chi connectivity index (χ0n) is 24.3. The zero-order valence-corrected chi connectivity index (χ0v) is 25.9. The van der Waals surface area contributed by atoms with Crippen LogP contribution in [-0.4, -0.2) is 57.6 Å². The van der Waals surface area contributed by atoms with Crippen LogP contribution in [0.1, 0.15) is 37.8 Å². The third kappa shape index (κ3) is 8.50. The van der Waals surface area contributed by atoms with Gasteiger partial charge in [0.25, 0.3) is 10.0 Å². The number of hydrogen-bond acceptors (Lipinski definition) is 6. The van der Waals surface area contributed by atoms with Crippen LogP contribution in [0, 0.1) is 6.92 Å². The van der Waals surface area contributed by atoms with Crippen molar-refractivity contribution in [3.05, 3.63) is 83.9 Å². The van der Waals surface area contributed by atoms with Crippen molar-refractivity contribution in [2.24, 2.45) is 0 Å². The van der Waals surface area contributed by atoms with E-state index in [0.29, 0.717) is 18.0 Å². The Labute approximate surface area is 248 Å². The molecule has 0 aliphatic rings. The van der Waals surface area contributed by atoms with E-state index >= 15 is 0 Å². The summed E-state index contributed by atoms with van der Waals surface area (Å²) in [5, 5.41) is 2.89. The van der Waals surface area contributed by atoms with Crippen molar-refractivity contribution in [2.45, 2.75) is 56.0 Å². The van der Waals surface area contributed by atoms with Gasteiger partial charge >= 0.3 is 0 Å². The topological polar surface area (TPSA) is 96.0 Å². The fourth-order valence-electron chi connectivity index (χ4n) is 4.16. The van der Waals surface area contributed by atoms with E-state index < -0.39 is 28.5 Å². The molecular formula is C31H39N3O5S2. The molecule has 3 aromatic rings. The highest BCUT2D eigenvalue weighted by molar-refractivity contribution is 7.98. The summed E-state index contributed by atoms with van der Waals surface area (Å²) in [6.07, 6.45) is 3.65. The molecule has 0 spiro atoms. The number of sulfonamides is 1. The van der Waals surface area contributed by atoms with Gasteiger partial charge in [0.15, 0.2) is 0 Å². The maximum absolute atomic E-state index is 14.0. The average Bonchev–Trinajstić information content (AvgIpc) is 2.99. The number of aryl methyl sites for hydroxylation is 1. The van der Waals surface area contributed by atoms with Gasteiger partial charge in [-0.15, -0.1) is 11.8 Å². The third-order valence-corrected chi connectivity index (χ3v) is 9.29. The summed E-state index contributed by atoms with van der Waals surface area (Å²) in [5.41, 5.74) is 2.10. The number of carbonyl (C=O) groups is 2. The Morgan fingerprint density at radius 3 is 2.17 bits per heavy atom. The molecule has 0 aromatic heterocycles. The number of nitrogens with one attached hydrogen (secondary N) is 1. The van der Waals surface area contributed by atoms with Gasteiger partial charge in [-0.3, -0.25) is 13.9 Å². The number of unbranched alkanes of at least 4 members (excludes halogenated alkanes) is 1. The summed E-state index contributed by atoms with van der Waals surface area (Å²) in [6.45, 7) is 5.75. The Balaban J connectivity index is 1.99. The number of anilines is 1. The number of thioether (sulfide) groups is 1. The summed E-state index contributed by atoms with van der Waals surface area (Å²) in [7, 11) is -2.53. The van der Waals surface area contributed by atoms with Gasteiger partial charge in [-0.25, -0.2) is 8.42 Å². The molecule has 220 valence electrons. The average molecular weight is 598 g/mol. The second-order valence-electron chi connectivity index (χ2n) is 9.71. The Morgan fingerprint density at radius 1 is 0.976 bits per heavy atom. The lowest BCUT2D eigenvalue weighted by Gasteiger charge is -2.32. The Morgan fingerprint density at radius 2 is 1.61 bits per heavy atom. The molecule has 0 radical (unpaired) electrons. The van der Waals surface area contributed by atoms with Gasteiger partial charge in [0.2, 0.25) is 11.8 Å². The van der Waals surface area contributed by atoms with Crippen molar-refractivity contribution in [2.75, 3.05) is 30.8 Å². The van der Waals surface area contributed by atoms with Crippen LogP contribution in [0.4, 0.5) is 5.69 Å². The summed E-state index contributed by atoms with van der Waals surface area (Å²) in [4.78, 5) is 29.5. The lowest BCUT2D eigenvalue weighted by Crippen LogP contribution is -2.51. The zero-order chi connectivity index (χ0) is 30.0. The number of benzene rings is 3. The van der Waals surface area contributed by atoms with Crippen LogP contribution in [0.2, 0.25) is 0 Å². The third-order valence-electron chi connectivity index (χ3n) is 6.76. The first-order valence-electron chi connectivity index (χ1n) is 13.5. The lowest BCUT2D eigenvalue weighted by molar-refractivity contribution is -0.139. The molecule has 1 atom stereocenters. The molecule has 0 heterocycles. The fraction of sp³-hybridized carbons (Fsp3) is 0.355. The predicted octanol–water partition coefficient (Wildman–Crippen LogP) is 5.25. The van der Waals surface area contributed by atoms with E-state index in [0.717, 1.165) is 33.2 Å². The van der Waals surface area contributed by atoms with Crippen molar-refractivity contribution in [3.8, 4) is 5.75 Å². The first-order valence-corrected chi connectivity index (χ1v) is 16.2. The van der Waals surface area contributed by atoms with Crippen molar-refractivity contribution in [1.82, 2.24) is 10.2 Å². The molecule has 0 fully saturated rings. The van der Waals surface area contributed by atoms with E-state index in [-0.39, 0.29) is 17.3 Å². The normalized spacial score (nSPS) is 11.9. The molecule has 0 saturated carbocycles. The van der Waals surface area contributed by atoms with E-state index in [1.54, 1.807) is 74.7 Å². The quantitative estimate of drug-likeness (QED) is 0.201.